The Bertz CT molecular complexity index is 404. The van der Waals surface area contributed by atoms with Gasteiger partial charge >= 0.3 is 5.69 Å². The molecule has 2 rings (SSSR count). The van der Waals surface area contributed by atoms with Crippen molar-refractivity contribution < 1.29 is 14.4 Å². The normalized spacial score (nSPS) is 15.3. The van der Waals surface area contributed by atoms with Crippen LogP contribution in [0.2, 0.25) is 0 Å². The number of rotatable bonds is 4. The highest BCUT2D eigenvalue weighted by atomic mass is 16.6. The molecule has 0 spiro atoms. The minimum absolute atomic E-state index is 0.0306. The lowest BCUT2D eigenvalue weighted by atomic mass is 10.2. The number of nitrogens with one attached hydrogen (secondary N) is 1. The summed E-state index contributed by atoms with van der Waals surface area (Å²) >= 11 is 0. The smallest absolute Gasteiger partial charge is 0.333 e. The first-order valence-electron chi connectivity index (χ1n) is 4.92. The molecule has 1 aromatic carbocycles. The molecule has 1 N–H and O–H groups in total. The van der Waals surface area contributed by atoms with Crippen LogP contribution in [-0.2, 0) is 4.74 Å². The molecule has 0 aliphatic carbocycles. The van der Waals surface area contributed by atoms with Gasteiger partial charge in [-0.3, -0.25) is 10.1 Å². The molecule has 1 saturated heterocycles. The monoisotopic (exact) mass is 224 g/mol. The topological polar surface area (TPSA) is 73.6 Å². The van der Waals surface area contributed by atoms with Crippen molar-refractivity contribution in [3.63, 3.8) is 0 Å². The standard InChI is InChI=1S/C10H12N2O4/c1-11-8-3-2-4-9(10(8)12(13)14)16-7-5-15-6-7/h2-4,7,11H,5-6H2,1H3. The number of nitro benzene ring substituents is 1. The van der Waals surface area contributed by atoms with Crippen molar-refractivity contribution in [3.05, 3.63) is 28.3 Å². The molecule has 1 aliphatic heterocycles. The molecule has 16 heavy (non-hydrogen) atoms. The Morgan fingerprint density at radius 3 is 2.81 bits per heavy atom. The zero-order valence-electron chi connectivity index (χ0n) is 8.80. The summed E-state index contributed by atoms with van der Waals surface area (Å²) in [6.07, 6.45) is -0.0780. The lowest BCUT2D eigenvalue weighted by Gasteiger charge is -2.26. The van der Waals surface area contributed by atoms with Gasteiger partial charge in [0.1, 0.15) is 11.8 Å². The lowest BCUT2D eigenvalue weighted by Crippen LogP contribution is -2.38. The zero-order valence-corrected chi connectivity index (χ0v) is 8.80. The summed E-state index contributed by atoms with van der Waals surface area (Å²) in [5.74, 6) is 0.283. The minimum atomic E-state index is -0.444. The summed E-state index contributed by atoms with van der Waals surface area (Å²) in [6, 6.07) is 4.95. The maximum absolute atomic E-state index is 10.9. The van der Waals surface area contributed by atoms with Gasteiger partial charge in [0.2, 0.25) is 0 Å². The molecule has 0 atom stereocenters. The third-order valence-electron chi connectivity index (χ3n) is 2.35. The average Bonchev–Trinajstić information content (AvgIpc) is 2.22. The second-order valence-electron chi connectivity index (χ2n) is 3.44. The van der Waals surface area contributed by atoms with Gasteiger partial charge < -0.3 is 14.8 Å². The quantitative estimate of drug-likeness (QED) is 0.618. The summed E-state index contributed by atoms with van der Waals surface area (Å²) in [4.78, 5) is 10.5. The maximum Gasteiger partial charge on any atom is 0.333 e. The number of nitrogens with zero attached hydrogens (tertiary/aromatic N) is 1. The van der Waals surface area contributed by atoms with Gasteiger partial charge in [0, 0.05) is 7.05 Å². The van der Waals surface area contributed by atoms with Crippen LogP contribution in [0.5, 0.6) is 5.75 Å². The van der Waals surface area contributed by atoms with Gasteiger partial charge in [-0.05, 0) is 12.1 Å². The van der Waals surface area contributed by atoms with E-state index in [1.165, 1.54) is 0 Å². The zero-order chi connectivity index (χ0) is 11.5. The molecule has 0 amide bonds. The van der Waals surface area contributed by atoms with E-state index in [0.29, 0.717) is 18.9 Å². The van der Waals surface area contributed by atoms with Gasteiger partial charge in [0.25, 0.3) is 0 Å². The molecular formula is C10H12N2O4. The summed E-state index contributed by atoms with van der Waals surface area (Å²) in [5.41, 5.74) is 0.416. The number of benzene rings is 1. The van der Waals surface area contributed by atoms with Crippen molar-refractivity contribution in [3.8, 4) is 5.75 Å². The van der Waals surface area contributed by atoms with Crippen LogP contribution < -0.4 is 10.1 Å². The third kappa shape index (κ3) is 1.92. The van der Waals surface area contributed by atoms with Crippen molar-refractivity contribution >= 4 is 11.4 Å². The van der Waals surface area contributed by atoms with Crippen molar-refractivity contribution in [2.45, 2.75) is 6.10 Å². The fourth-order valence-electron chi connectivity index (χ4n) is 1.47. The van der Waals surface area contributed by atoms with Crippen LogP contribution in [-0.4, -0.2) is 31.3 Å². The number of hydrogen-bond donors (Lipinski definition) is 1. The van der Waals surface area contributed by atoms with Crippen LogP contribution in [0.25, 0.3) is 0 Å². The van der Waals surface area contributed by atoms with Crippen LogP contribution in [0.15, 0.2) is 18.2 Å². The number of anilines is 1. The molecule has 0 unspecified atom stereocenters. The van der Waals surface area contributed by atoms with Gasteiger partial charge in [-0.1, -0.05) is 6.07 Å². The fraction of sp³-hybridized carbons (Fsp3) is 0.400. The average molecular weight is 224 g/mol. The first-order chi connectivity index (χ1) is 7.72. The highest BCUT2D eigenvalue weighted by Crippen LogP contribution is 2.35. The molecule has 0 aromatic heterocycles. The van der Waals surface area contributed by atoms with Crippen LogP contribution in [0.4, 0.5) is 11.4 Å². The van der Waals surface area contributed by atoms with E-state index in [-0.39, 0.29) is 17.5 Å². The van der Waals surface area contributed by atoms with Gasteiger partial charge in [-0.2, -0.15) is 0 Å². The number of para-hydroxylation sites is 1. The second kappa shape index (κ2) is 4.36. The molecular weight excluding hydrogens is 212 g/mol. The number of ether oxygens (including phenoxy) is 2. The first-order valence-corrected chi connectivity index (χ1v) is 4.92. The van der Waals surface area contributed by atoms with Gasteiger partial charge in [-0.25, -0.2) is 0 Å². The molecule has 6 heteroatoms. The van der Waals surface area contributed by atoms with Crippen LogP contribution in [0.1, 0.15) is 0 Å². The second-order valence-corrected chi connectivity index (χ2v) is 3.44. The Balaban J connectivity index is 2.30. The maximum atomic E-state index is 10.9. The van der Waals surface area contributed by atoms with E-state index in [4.69, 9.17) is 9.47 Å². The summed E-state index contributed by atoms with van der Waals surface area (Å²) in [5, 5.41) is 13.7. The molecule has 1 fully saturated rings. The van der Waals surface area contributed by atoms with Crippen LogP contribution >= 0.6 is 0 Å². The Labute approximate surface area is 92.3 Å². The van der Waals surface area contributed by atoms with E-state index in [0.717, 1.165) is 0 Å². The Hall–Kier alpha value is -1.82. The van der Waals surface area contributed by atoms with Gasteiger partial charge in [0.15, 0.2) is 5.75 Å². The molecule has 0 bridgehead atoms. The van der Waals surface area contributed by atoms with Gasteiger partial charge in [-0.15, -0.1) is 0 Å². The predicted molar refractivity (Wildman–Crippen MR) is 57.9 cm³/mol. The highest BCUT2D eigenvalue weighted by molar-refractivity contribution is 5.68. The molecule has 1 heterocycles. The molecule has 6 nitrogen and oxygen atoms in total. The molecule has 86 valence electrons. The van der Waals surface area contributed by atoms with Crippen molar-refractivity contribution in [2.75, 3.05) is 25.6 Å². The summed E-state index contributed by atoms with van der Waals surface area (Å²) < 4.78 is 10.4. The molecule has 1 aliphatic rings. The molecule has 1 aromatic rings. The molecule has 0 saturated carbocycles. The highest BCUT2D eigenvalue weighted by Gasteiger charge is 2.26. The lowest BCUT2D eigenvalue weighted by molar-refractivity contribution is -0.385. The Kier molecular flexibility index (Phi) is 2.91. The van der Waals surface area contributed by atoms with E-state index in [1.54, 1.807) is 25.2 Å². The number of hydrogen-bond acceptors (Lipinski definition) is 5. The predicted octanol–water partition coefficient (Wildman–Crippen LogP) is 1.41. The SMILES string of the molecule is CNc1cccc(OC2COC2)c1[N+](=O)[O-]. The largest absolute Gasteiger partial charge is 0.479 e. The minimum Gasteiger partial charge on any atom is -0.479 e. The van der Waals surface area contributed by atoms with Crippen molar-refractivity contribution in [1.29, 1.82) is 0 Å². The van der Waals surface area contributed by atoms with Crippen LogP contribution in [0.3, 0.4) is 0 Å². The molecule has 0 radical (unpaired) electrons. The number of nitro groups is 1. The van der Waals surface area contributed by atoms with E-state index in [2.05, 4.69) is 5.32 Å². The summed E-state index contributed by atoms with van der Waals surface area (Å²) in [6.45, 7) is 0.974. The summed E-state index contributed by atoms with van der Waals surface area (Å²) in [7, 11) is 1.64. The van der Waals surface area contributed by atoms with E-state index in [9.17, 15) is 10.1 Å². The van der Waals surface area contributed by atoms with Crippen LogP contribution in [0, 0.1) is 10.1 Å². The fourth-order valence-corrected chi connectivity index (χ4v) is 1.47. The third-order valence-corrected chi connectivity index (χ3v) is 2.35. The Morgan fingerprint density at radius 2 is 2.31 bits per heavy atom. The van der Waals surface area contributed by atoms with Gasteiger partial charge in [0.05, 0.1) is 18.1 Å². The van der Waals surface area contributed by atoms with Crippen molar-refractivity contribution in [1.82, 2.24) is 0 Å². The Morgan fingerprint density at radius 1 is 1.56 bits per heavy atom. The van der Waals surface area contributed by atoms with Crippen molar-refractivity contribution in [2.24, 2.45) is 0 Å². The van der Waals surface area contributed by atoms with E-state index in [1.807, 2.05) is 0 Å². The first kappa shape index (κ1) is 10.7. The van der Waals surface area contributed by atoms with E-state index >= 15 is 0 Å². The van der Waals surface area contributed by atoms with E-state index < -0.39 is 4.92 Å².